The quantitative estimate of drug-likeness (QED) is 0.495. The SMILES string of the molecule is CC(C)NC[C@H](N)C(=O)O. The fourth-order valence-electron chi connectivity index (χ4n) is 0.450. The van der Waals surface area contributed by atoms with Crippen LogP contribution in [0.2, 0.25) is 0 Å². The minimum Gasteiger partial charge on any atom is -0.480 e. The minimum atomic E-state index is -0.965. The number of carbonyl (C=O) groups is 1. The third kappa shape index (κ3) is 4.29. The summed E-state index contributed by atoms with van der Waals surface area (Å²) in [6, 6.07) is -0.507. The molecule has 0 fully saturated rings. The maximum atomic E-state index is 10.1. The van der Waals surface area contributed by atoms with Crippen LogP contribution in [-0.4, -0.2) is 29.7 Å². The van der Waals surface area contributed by atoms with E-state index in [4.69, 9.17) is 10.8 Å². The second kappa shape index (κ2) is 4.24. The number of carboxylic acid groups (broad SMARTS) is 1. The van der Waals surface area contributed by atoms with Crippen LogP contribution in [0.5, 0.6) is 0 Å². The van der Waals surface area contributed by atoms with Crippen molar-refractivity contribution in [1.29, 1.82) is 0 Å². The molecule has 4 nitrogen and oxygen atoms in total. The van der Waals surface area contributed by atoms with E-state index in [9.17, 15) is 4.79 Å². The van der Waals surface area contributed by atoms with Gasteiger partial charge in [-0.3, -0.25) is 4.79 Å². The molecule has 0 radical (unpaired) electrons. The molecule has 0 saturated carbocycles. The molecule has 0 aromatic heterocycles. The van der Waals surface area contributed by atoms with Gasteiger partial charge in [-0.15, -0.1) is 0 Å². The smallest absolute Gasteiger partial charge is 0.321 e. The molecule has 0 heterocycles. The van der Waals surface area contributed by atoms with E-state index in [0.29, 0.717) is 6.54 Å². The largest absolute Gasteiger partial charge is 0.480 e. The lowest BCUT2D eigenvalue weighted by Gasteiger charge is -2.10. The number of nitrogens with two attached hydrogens (primary N) is 1. The van der Waals surface area contributed by atoms with Crippen LogP contribution in [0.25, 0.3) is 0 Å². The molecule has 0 rings (SSSR count). The van der Waals surface area contributed by atoms with E-state index in [2.05, 4.69) is 5.32 Å². The van der Waals surface area contributed by atoms with Crippen LogP contribution in [0.3, 0.4) is 0 Å². The number of carboxylic acids is 1. The molecule has 0 bridgehead atoms. The Morgan fingerprint density at radius 3 is 2.50 bits per heavy atom. The van der Waals surface area contributed by atoms with Crippen molar-refractivity contribution in [3.8, 4) is 0 Å². The predicted octanol–water partition coefficient (Wildman–Crippen LogP) is -0.604. The van der Waals surface area contributed by atoms with Gasteiger partial charge < -0.3 is 16.2 Å². The maximum Gasteiger partial charge on any atom is 0.321 e. The first kappa shape index (κ1) is 9.39. The average Bonchev–Trinajstić information content (AvgIpc) is 1.82. The highest BCUT2D eigenvalue weighted by molar-refractivity contribution is 5.73. The third-order valence-electron chi connectivity index (χ3n) is 1.06. The molecule has 0 aliphatic carbocycles. The zero-order valence-electron chi connectivity index (χ0n) is 6.29. The maximum absolute atomic E-state index is 10.1. The van der Waals surface area contributed by atoms with Gasteiger partial charge in [0.2, 0.25) is 0 Å². The van der Waals surface area contributed by atoms with Gasteiger partial charge in [-0.1, -0.05) is 13.8 Å². The highest BCUT2D eigenvalue weighted by atomic mass is 16.4. The van der Waals surface area contributed by atoms with E-state index in [1.54, 1.807) is 0 Å². The molecule has 10 heavy (non-hydrogen) atoms. The van der Waals surface area contributed by atoms with Gasteiger partial charge in [0.05, 0.1) is 0 Å². The second-order valence-electron chi connectivity index (χ2n) is 2.51. The highest BCUT2D eigenvalue weighted by Crippen LogP contribution is 1.79. The molecular formula is C6H14N2O2. The average molecular weight is 146 g/mol. The number of aliphatic carboxylic acids is 1. The molecule has 0 aliphatic rings. The van der Waals surface area contributed by atoms with E-state index in [-0.39, 0.29) is 6.04 Å². The fraction of sp³-hybridized carbons (Fsp3) is 0.833. The third-order valence-corrected chi connectivity index (χ3v) is 1.06. The molecule has 1 atom stereocenters. The Bertz CT molecular complexity index is 114. The first-order chi connectivity index (χ1) is 4.54. The van der Waals surface area contributed by atoms with Crippen molar-refractivity contribution >= 4 is 5.97 Å². The zero-order valence-corrected chi connectivity index (χ0v) is 6.29. The molecule has 0 aromatic carbocycles. The molecule has 60 valence electrons. The lowest BCUT2D eigenvalue weighted by Crippen LogP contribution is -2.42. The van der Waals surface area contributed by atoms with Crippen LogP contribution in [0.4, 0.5) is 0 Å². The molecule has 0 saturated heterocycles. The van der Waals surface area contributed by atoms with Gasteiger partial charge >= 0.3 is 5.97 Å². The lowest BCUT2D eigenvalue weighted by molar-refractivity contribution is -0.138. The summed E-state index contributed by atoms with van der Waals surface area (Å²) in [5, 5.41) is 11.3. The van der Waals surface area contributed by atoms with Crippen molar-refractivity contribution in [1.82, 2.24) is 5.32 Å². The monoisotopic (exact) mass is 146 g/mol. The van der Waals surface area contributed by atoms with Crippen LogP contribution < -0.4 is 11.1 Å². The first-order valence-electron chi connectivity index (χ1n) is 3.25. The van der Waals surface area contributed by atoms with Crippen molar-refractivity contribution < 1.29 is 9.90 Å². The number of nitrogens with one attached hydrogen (secondary N) is 1. The number of rotatable bonds is 4. The summed E-state index contributed by atoms with van der Waals surface area (Å²) in [5.41, 5.74) is 5.20. The zero-order chi connectivity index (χ0) is 8.15. The Labute approximate surface area is 60.4 Å². The van der Waals surface area contributed by atoms with Gasteiger partial charge in [-0.25, -0.2) is 0 Å². The van der Waals surface area contributed by atoms with Crippen molar-refractivity contribution in [2.45, 2.75) is 25.9 Å². The van der Waals surface area contributed by atoms with Crippen molar-refractivity contribution in [2.24, 2.45) is 5.73 Å². The van der Waals surface area contributed by atoms with Crippen LogP contribution in [0.15, 0.2) is 0 Å². The fourth-order valence-corrected chi connectivity index (χ4v) is 0.450. The van der Waals surface area contributed by atoms with Gasteiger partial charge in [0.1, 0.15) is 6.04 Å². The summed E-state index contributed by atoms with van der Waals surface area (Å²) < 4.78 is 0. The summed E-state index contributed by atoms with van der Waals surface area (Å²) in [7, 11) is 0. The Kier molecular flexibility index (Phi) is 3.99. The molecule has 0 aliphatic heterocycles. The predicted molar refractivity (Wildman–Crippen MR) is 38.7 cm³/mol. The minimum absolute atomic E-state index is 0.283. The molecule has 0 amide bonds. The van der Waals surface area contributed by atoms with Crippen LogP contribution in [0, 0.1) is 0 Å². The van der Waals surface area contributed by atoms with Gasteiger partial charge in [0, 0.05) is 12.6 Å². The van der Waals surface area contributed by atoms with E-state index in [0.717, 1.165) is 0 Å². The number of hydrogen-bond donors (Lipinski definition) is 3. The topological polar surface area (TPSA) is 75.3 Å². The van der Waals surface area contributed by atoms with Gasteiger partial charge in [-0.2, -0.15) is 0 Å². The standard InChI is InChI=1S/C6H14N2O2/c1-4(2)8-3-5(7)6(9)10/h4-5,8H,3,7H2,1-2H3,(H,9,10)/t5-/m0/s1. The van der Waals surface area contributed by atoms with E-state index in [1.165, 1.54) is 0 Å². The Balaban J connectivity index is 3.40. The summed E-state index contributed by atoms with van der Waals surface area (Å²) in [6.07, 6.45) is 0. The molecular weight excluding hydrogens is 132 g/mol. The normalized spacial score (nSPS) is 13.6. The summed E-state index contributed by atoms with van der Waals surface area (Å²) in [6.45, 7) is 4.20. The summed E-state index contributed by atoms with van der Waals surface area (Å²) in [4.78, 5) is 10.1. The Morgan fingerprint density at radius 1 is 1.70 bits per heavy atom. The molecule has 4 heteroatoms. The first-order valence-corrected chi connectivity index (χ1v) is 3.25. The van der Waals surface area contributed by atoms with Crippen LogP contribution >= 0.6 is 0 Å². The highest BCUT2D eigenvalue weighted by Gasteiger charge is 2.10. The van der Waals surface area contributed by atoms with Crippen molar-refractivity contribution in [3.05, 3.63) is 0 Å². The van der Waals surface area contributed by atoms with E-state index < -0.39 is 12.0 Å². The summed E-state index contributed by atoms with van der Waals surface area (Å²) >= 11 is 0. The van der Waals surface area contributed by atoms with Crippen LogP contribution in [0.1, 0.15) is 13.8 Å². The van der Waals surface area contributed by atoms with Gasteiger partial charge in [-0.05, 0) is 0 Å². The molecule has 0 aromatic rings. The van der Waals surface area contributed by atoms with Gasteiger partial charge in [0.25, 0.3) is 0 Å². The Morgan fingerprint density at radius 2 is 2.20 bits per heavy atom. The van der Waals surface area contributed by atoms with E-state index >= 15 is 0 Å². The second-order valence-corrected chi connectivity index (χ2v) is 2.51. The molecule has 0 unspecified atom stereocenters. The van der Waals surface area contributed by atoms with Crippen molar-refractivity contribution in [3.63, 3.8) is 0 Å². The summed E-state index contributed by atoms with van der Waals surface area (Å²) in [5.74, 6) is -0.965. The van der Waals surface area contributed by atoms with Gasteiger partial charge in [0.15, 0.2) is 0 Å². The van der Waals surface area contributed by atoms with Crippen molar-refractivity contribution in [2.75, 3.05) is 6.54 Å². The Hall–Kier alpha value is -0.610. The van der Waals surface area contributed by atoms with Crippen LogP contribution in [-0.2, 0) is 4.79 Å². The molecule has 4 N–H and O–H groups in total. The van der Waals surface area contributed by atoms with E-state index in [1.807, 2.05) is 13.8 Å². The molecule has 0 spiro atoms. The number of hydrogen-bond acceptors (Lipinski definition) is 3. The lowest BCUT2D eigenvalue weighted by atomic mass is 10.3.